The number of ether oxygens (including phenoxy) is 1. The van der Waals surface area contributed by atoms with E-state index in [2.05, 4.69) is 15.2 Å². The Labute approximate surface area is 167 Å². The fraction of sp³-hybridized carbons (Fsp3) is 0.158. The molecule has 0 bridgehead atoms. The van der Waals surface area contributed by atoms with Gasteiger partial charge in [-0.05, 0) is 30.5 Å². The number of amides is 1. The lowest BCUT2D eigenvalue weighted by Crippen LogP contribution is -2.36. The van der Waals surface area contributed by atoms with Crippen LogP contribution in [0.25, 0.3) is 11.3 Å². The summed E-state index contributed by atoms with van der Waals surface area (Å²) < 4.78 is 48.4. The summed E-state index contributed by atoms with van der Waals surface area (Å²) in [4.78, 5) is 17.9. The largest absolute Gasteiger partial charge is 0.447 e. The number of thioether (sulfide) groups is 1. The highest BCUT2D eigenvalue weighted by molar-refractivity contribution is 7.98. The molecular weight excluding hydrogens is 405 g/mol. The minimum atomic E-state index is -1.39. The smallest absolute Gasteiger partial charge is 0.247 e. The molecule has 0 unspecified atom stereocenters. The van der Waals surface area contributed by atoms with Crippen LogP contribution in [0, 0.1) is 17.5 Å². The van der Waals surface area contributed by atoms with Gasteiger partial charge in [0.15, 0.2) is 17.3 Å². The normalized spacial score (nSPS) is 15.2. The summed E-state index contributed by atoms with van der Waals surface area (Å²) in [6.45, 7) is 1.24. The highest BCUT2D eigenvalue weighted by atomic mass is 32.2. The second-order valence-electron chi connectivity index (χ2n) is 6.12. The zero-order valence-electron chi connectivity index (χ0n) is 15.2. The molecular formula is C19H13F3N4O2S. The summed E-state index contributed by atoms with van der Waals surface area (Å²) in [7, 11) is 0. The van der Waals surface area contributed by atoms with E-state index in [-0.39, 0.29) is 33.5 Å². The minimum Gasteiger partial charge on any atom is -0.447 e. The first kappa shape index (κ1) is 19.2. The molecule has 2 aromatic carbocycles. The first-order chi connectivity index (χ1) is 13.9. The molecule has 1 atom stereocenters. The lowest BCUT2D eigenvalue weighted by atomic mass is 10.1. The van der Waals surface area contributed by atoms with E-state index >= 15 is 0 Å². The van der Waals surface area contributed by atoms with Gasteiger partial charge in [-0.25, -0.2) is 13.2 Å². The van der Waals surface area contributed by atoms with Crippen molar-refractivity contribution in [3.05, 3.63) is 59.4 Å². The van der Waals surface area contributed by atoms with Gasteiger partial charge in [0.05, 0.1) is 11.3 Å². The van der Waals surface area contributed by atoms with Gasteiger partial charge < -0.3 is 4.74 Å². The van der Waals surface area contributed by atoms with Crippen LogP contribution in [0.15, 0.2) is 41.6 Å². The molecule has 0 saturated carbocycles. The van der Waals surface area contributed by atoms with Gasteiger partial charge in [0.25, 0.3) is 0 Å². The van der Waals surface area contributed by atoms with Gasteiger partial charge >= 0.3 is 0 Å². The maximum atomic E-state index is 14.6. The zero-order valence-corrected chi connectivity index (χ0v) is 16.0. The van der Waals surface area contributed by atoms with Crippen molar-refractivity contribution in [1.29, 1.82) is 0 Å². The predicted octanol–water partition coefficient (Wildman–Crippen LogP) is 4.12. The van der Waals surface area contributed by atoms with Crippen LogP contribution in [0.5, 0.6) is 5.88 Å². The molecule has 0 fully saturated rings. The summed E-state index contributed by atoms with van der Waals surface area (Å²) in [6.07, 6.45) is 0.333. The van der Waals surface area contributed by atoms with E-state index in [0.717, 1.165) is 23.1 Å². The lowest BCUT2D eigenvalue weighted by molar-refractivity contribution is -0.118. The van der Waals surface area contributed by atoms with Crippen LogP contribution in [0.3, 0.4) is 0 Å². The van der Waals surface area contributed by atoms with Crippen LogP contribution in [0.2, 0.25) is 0 Å². The molecule has 1 amide bonds. The van der Waals surface area contributed by atoms with E-state index in [0.29, 0.717) is 0 Å². The number of hydrogen-bond acceptors (Lipinski definition) is 6. The lowest BCUT2D eigenvalue weighted by Gasteiger charge is -2.30. The third-order valence-electron chi connectivity index (χ3n) is 4.34. The maximum Gasteiger partial charge on any atom is 0.247 e. The number of benzene rings is 2. The van der Waals surface area contributed by atoms with Crippen molar-refractivity contribution in [2.24, 2.45) is 0 Å². The number of fused-ring (bicyclic) bond motifs is 3. The molecule has 1 aliphatic rings. The Morgan fingerprint density at radius 3 is 2.69 bits per heavy atom. The van der Waals surface area contributed by atoms with E-state index in [4.69, 9.17) is 4.74 Å². The van der Waals surface area contributed by atoms with Crippen LogP contribution < -0.4 is 9.64 Å². The van der Waals surface area contributed by atoms with Gasteiger partial charge in [0, 0.05) is 12.5 Å². The maximum absolute atomic E-state index is 14.6. The molecule has 0 N–H and O–H groups in total. The van der Waals surface area contributed by atoms with Crippen molar-refractivity contribution in [3.63, 3.8) is 0 Å². The quantitative estimate of drug-likeness (QED) is 0.583. The predicted molar refractivity (Wildman–Crippen MR) is 99.9 cm³/mol. The van der Waals surface area contributed by atoms with Crippen molar-refractivity contribution in [2.75, 3.05) is 11.2 Å². The summed E-state index contributed by atoms with van der Waals surface area (Å²) in [5, 5.41) is 8.27. The fourth-order valence-corrected chi connectivity index (χ4v) is 3.37. The Hall–Kier alpha value is -3.14. The zero-order chi connectivity index (χ0) is 20.7. The van der Waals surface area contributed by atoms with Crippen LogP contribution in [-0.2, 0) is 4.79 Å². The number of rotatable bonds is 2. The molecule has 29 heavy (non-hydrogen) atoms. The van der Waals surface area contributed by atoms with E-state index in [1.54, 1.807) is 6.26 Å². The Kier molecular flexibility index (Phi) is 4.87. The van der Waals surface area contributed by atoms with Crippen molar-refractivity contribution in [2.45, 2.75) is 18.3 Å². The Bertz CT molecular complexity index is 1130. The minimum absolute atomic E-state index is 0.0754. The highest BCUT2D eigenvalue weighted by Crippen LogP contribution is 2.44. The van der Waals surface area contributed by atoms with Gasteiger partial charge in [-0.1, -0.05) is 23.9 Å². The standard InChI is InChI=1S/C19H13F3N4O2S/c1-9(27)26-14-7-6-10(20)8-12(14)16-17(23-19(29-2)25-24-16)28-18(26)11-4-3-5-13(21)15(11)22/h3-8,18H,1-2H3/t18-/m1/s1. The average molecular weight is 418 g/mol. The van der Waals surface area contributed by atoms with Crippen LogP contribution >= 0.6 is 11.8 Å². The summed E-state index contributed by atoms with van der Waals surface area (Å²) in [6, 6.07) is 7.22. The number of carbonyl (C=O) groups excluding carboxylic acids is 1. The van der Waals surface area contributed by atoms with Crippen LogP contribution in [0.1, 0.15) is 18.7 Å². The molecule has 3 aromatic rings. The topological polar surface area (TPSA) is 68.2 Å². The van der Waals surface area contributed by atoms with E-state index < -0.39 is 29.6 Å². The molecule has 148 valence electrons. The van der Waals surface area contributed by atoms with Gasteiger partial charge in [-0.3, -0.25) is 9.69 Å². The first-order valence-electron chi connectivity index (χ1n) is 8.39. The number of hydrogen-bond donors (Lipinski definition) is 0. The fourth-order valence-electron chi connectivity index (χ4n) is 3.08. The second-order valence-corrected chi connectivity index (χ2v) is 6.89. The van der Waals surface area contributed by atoms with E-state index in [9.17, 15) is 18.0 Å². The molecule has 0 spiro atoms. The summed E-state index contributed by atoms with van der Waals surface area (Å²) in [5.74, 6) is -3.44. The third-order valence-corrected chi connectivity index (χ3v) is 4.87. The third kappa shape index (κ3) is 3.29. The second kappa shape index (κ2) is 7.36. The molecule has 0 saturated heterocycles. The molecule has 6 nitrogen and oxygen atoms in total. The SMILES string of the molecule is CSc1nnc2c(n1)O[C@H](c1cccc(F)c1F)N(C(C)=O)c1ccc(F)cc1-2. The Morgan fingerprint density at radius 1 is 1.17 bits per heavy atom. The van der Waals surface area contributed by atoms with Gasteiger partial charge in [0.2, 0.25) is 23.2 Å². The summed E-state index contributed by atoms with van der Waals surface area (Å²) in [5.41, 5.74) is 0.275. The summed E-state index contributed by atoms with van der Waals surface area (Å²) >= 11 is 1.19. The first-order valence-corrected chi connectivity index (χ1v) is 9.62. The number of halogens is 3. The average Bonchev–Trinajstić information content (AvgIpc) is 2.83. The van der Waals surface area contributed by atoms with E-state index in [1.807, 2.05) is 0 Å². The molecule has 0 aliphatic carbocycles. The van der Waals surface area contributed by atoms with Crippen LogP contribution in [-0.4, -0.2) is 27.3 Å². The molecule has 2 heterocycles. The molecule has 1 aliphatic heterocycles. The van der Waals surface area contributed by atoms with Gasteiger partial charge in [0.1, 0.15) is 5.82 Å². The van der Waals surface area contributed by atoms with Crippen molar-refractivity contribution in [3.8, 4) is 17.1 Å². The van der Waals surface area contributed by atoms with Crippen LogP contribution in [0.4, 0.5) is 18.9 Å². The van der Waals surface area contributed by atoms with Crippen molar-refractivity contribution in [1.82, 2.24) is 15.2 Å². The molecule has 1 aromatic heterocycles. The van der Waals surface area contributed by atoms with Crippen molar-refractivity contribution < 1.29 is 22.7 Å². The Balaban J connectivity index is 2.03. The molecule has 0 radical (unpaired) electrons. The van der Waals surface area contributed by atoms with E-state index in [1.165, 1.54) is 36.9 Å². The monoisotopic (exact) mass is 418 g/mol. The van der Waals surface area contributed by atoms with Gasteiger partial charge in [-0.15, -0.1) is 10.2 Å². The van der Waals surface area contributed by atoms with Crippen molar-refractivity contribution >= 4 is 23.4 Å². The van der Waals surface area contributed by atoms with Gasteiger partial charge in [-0.2, -0.15) is 4.98 Å². The number of nitrogens with zero attached hydrogens (tertiary/aromatic N) is 4. The highest BCUT2D eigenvalue weighted by Gasteiger charge is 2.36. The molecule has 10 heteroatoms. The number of carbonyl (C=O) groups is 1. The Morgan fingerprint density at radius 2 is 1.97 bits per heavy atom. The number of anilines is 1. The molecule has 4 rings (SSSR count). The number of aromatic nitrogens is 3.